The minimum atomic E-state index is 0.0766. The zero-order valence-electron chi connectivity index (χ0n) is 14.1. The fraction of sp³-hybridized carbons (Fsp3) is 0.368. The van der Waals surface area contributed by atoms with Crippen molar-refractivity contribution in [1.29, 1.82) is 0 Å². The first-order valence-electron chi connectivity index (χ1n) is 8.74. The molecular weight excluding hydrogens is 332 g/mol. The van der Waals surface area contributed by atoms with Crippen molar-refractivity contribution in [2.24, 2.45) is 5.92 Å². The van der Waals surface area contributed by atoms with E-state index in [0.717, 1.165) is 43.1 Å². The van der Waals surface area contributed by atoms with Crippen LogP contribution >= 0.6 is 11.3 Å². The summed E-state index contributed by atoms with van der Waals surface area (Å²) in [4.78, 5) is 19.1. The third-order valence-electron chi connectivity index (χ3n) is 4.79. The fourth-order valence-corrected chi connectivity index (χ4v) is 4.20. The molecule has 1 fully saturated rings. The molecule has 1 unspecified atom stereocenters. The van der Waals surface area contributed by atoms with E-state index >= 15 is 0 Å². The summed E-state index contributed by atoms with van der Waals surface area (Å²) < 4.78 is 2.01. The van der Waals surface area contributed by atoms with Crippen LogP contribution in [0.25, 0.3) is 10.9 Å². The number of aromatic nitrogens is 2. The summed E-state index contributed by atoms with van der Waals surface area (Å²) in [6.07, 6.45) is 6.15. The average Bonchev–Trinajstić information content (AvgIpc) is 3.31. The maximum Gasteiger partial charge on any atom is 0.239 e. The van der Waals surface area contributed by atoms with Crippen LogP contribution in [0.1, 0.15) is 12.8 Å². The van der Waals surface area contributed by atoms with E-state index in [1.807, 2.05) is 34.5 Å². The number of thiazole rings is 1. The second-order valence-electron chi connectivity index (χ2n) is 6.58. The van der Waals surface area contributed by atoms with Gasteiger partial charge in [-0.05, 0) is 36.3 Å². The van der Waals surface area contributed by atoms with Crippen molar-refractivity contribution in [3.8, 4) is 0 Å². The quantitative estimate of drug-likeness (QED) is 0.766. The van der Waals surface area contributed by atoms with E-state index in [0.29, 0.717) is 12.5 Å². The largest absolute Gasteiger partial charge is 0.354 e. The summed E-state index contributed by atoms with van der Waals surface area (Å²) in [7, 11) is 0. The maximum atomic E-state index is 12.4. The van der Waals surface area contributed by atoms with Gasteiger partial charge < -0.3 is 14.8 Å². The molecule has 3 aromatic rings. The summed E-state index contributed by atoms with van der Waals surface area (Å²) in [5, 5.41) is 7.39. The van der Waals surface area contributed by atoms with Crippen LogP contribution in [0.15, 0.2) is 48.1 Å². The van der Waals surface area contributed by atoms with Crippen molar-refractivity contribution in [1.82, 2.24) is 14.9 Å². The Morgan fingerprint density at radius 3 is 3.12 bits per heavy atom. The Kier molecular flexibility index (Phi) is 4.70. The zero-order chi connectivity index (χ0) is 17.1. The van der Waals surface area contributed by atoms with Crippen LogP contribution in [-0.4, -0.2) is 35.1 Å². The van der Waals surface area contributed by atoms with Crippen LogP contribution in [0.3, 0.4) is 0 Å². The molecule has 1 aliphatic rings. The molecule has 1 amide bonds. The Morgan fingerprint density at radius 1 is 1.32 bits per heavy atom. The highest BCUT2D eigenvalue weighted by Gasteiger charge is 2.22. The smallest absolute Gasteiger partial charge is 0.239 e. The molecule has 5 nitrogen and oxygen atoms in total. The van der Waals surface area contributed by atoms with Crippen molar-refractivity contribution in [2.75, 3.05) is 24.5 Å². The van der Waals surface area contributed by atoms with E-state index in [1.54, 1.807) is 11.3 Å². The molecular formula is C19H22N4OS. The number of fused-ring (bicyclic) bond motifs is 1. The lowest BCUT2D eigenvalue weighted by Crippen LogP contribution is -2.41. The lowest BCUT2D eigenvalue weighted by Gasteiger charge is -2.32. The highest BCUT2D eigenvalue weighted by Crippen LogP contribution is 2.24. The molecule has 3 heterocycles. The minimum Gasteiger partial charge on any atom is -0.354 e. The zero-order valence-corrected chi connectivity index (χ0v) is 14.9. The second kappa shape index (κ2) is 7.27. The van der Waals surface area contributed by atoms with Gasteiger partial charge in [0.1, 0.15) is 6.54 Å². The second-order valence-corrected chi connectivity index (χ2v) is 7.45. The van der Waals surface area contributed by atoms with Gasteiger partial charge in [0.05, 0.1) is 0 Å². The standard InChI is InChI=1S/C19H22N4OS/c24-18(14-22-10-7-16-5-1-2-6-17(16)22)21-12-15-4-3-9-23(13-15)19-20-8-11-25-19/h1-2,5-8,10-11,15H,3-4,9,12-14H2,(H,21,24). The summed E-state index contributed by atoms with van der Waals surface area (Å²) in [5.74, 6) is 0.565. The first kappa shape index (κ1) is 16.1. The molecule has 1 N–H and O–H groups in total. The number of hydrogen-bond donors (Lipinski definition) is 1. The van der Waals surface area contributed by atoms with Gasteiger partial charge in [-0.1, -0.05) is 18.2 Å². The number of nitrogens with zero attached hydrogens (tertiary/aromatic N) is 3. The van der Waals surface area contributed by atoms with E-state index in [-0.39, 0.29) is 5.91 Å². The van der Waals surface area contributed by atoms with Gasteiger partial charge in [-0.15, -0.1) is 11.3 Å². The van der Waals surface area contributed by atoms with Crippen molar-refractivity contribution in [3.05, 3.63) is 48.1 Å². The number of rotatable bonds is 5. The highest BCUT2D eigenvalue weighted by atomic mass is 32.1. The molecule has 1 atom stereocenters. The van der Waals surface area contributed by atoms with E-state index in [4.69, 9.17) is 0 Å². The van der Waals surface area contributed by atoms with E-state index < -0.39 is 0 Å². The summed E-state index contributed by atoms with van der Waals surface area (Å²) in [5.41, 5.74) is 1.10. The highest BCUT2D eigenvalue weighted by molar-refractivity contribution is 7.13. The van der Waals surface area contributed by atoms with Crippen molar-refractivity contribution < 1.29 is 4.79 Å². The third kappa shape index (κ3) is 3.69. The van der Waals surface area contributed by atoms with Crippen LogP contribution < -0.4 is 10.2 Å². The predicted molar refractivity (Wildman–Crippen MR) is 102 cm³/mol. The van der Waals surface area contributed by atoms with Crippen LogP contribution in [0.4, 0.5) is 5.13 Å². The topological polar surface area (TPSA) is 50.2 Å². The Hall–Kier alpha value is -2.34. The van der Waals surface area contributed by atoms with Gasteiger partial charge >= 0.3 is 0 Å². The number of para-hydroxylation sites is 1. The fourth-order valence-electron chi connectivity index (χ4n) is 3.52. The summed E-state index contributed by atoms with van der Waals surface area (Å²) in [6.45, 7) is 3.14. The van der Waals surface area contributed by atoms with Gasteiger partial charge in [-0.2, -0.15) is 0 Å². The number of amides is 1. The number of piperidine rings is 1. The Morgan fingerprint density at radius 2 is 2.24 bits per heavy atom. The lowest BCUT2D eigenvalue weighted by atomic mass is 9.98. The first-order chi connectivity index (χ1) is 12.3. The van der Waals surface area contributed by atoms with Crippen molar-refractivity contribution in [3.63, 3.8) is 0 Å². The molecule has 0 bridgehead atoms. The van der Waals surface area contributed by atoms with Gasteiger partial charge in [0.25, 0.3) is 0 Å². The number of anilines is 1. The maximum absolute atomic E-state index is 12.4. The van der Waals surface area contributed by atoms with Crippen LogP contribution in [0, 0.1) is 5.92 Å². The van der Waals surface area contributed by atoms with Crippen LogP contribution in [0.5, 0.6) is 0 Å². The van der Waals surface area contributed by atoms with Crippen molar-refractivity contribution in [2.45, 2.75) is 19.4 Å². The molecule has 130 valence electrons. The number of carbonyl (C=O) groups excluding carboxylic acids is 1. The third-order valence-corrected chi connectivity index (χ3v) is 5.62. The number of hydrogen-bond acceptors (Lipinski definition) is 4. The van der Waals surface area contributed by atoms with Gasteiger partial charge in [-0.25, -0.2) is 4.98 Å². The molecule has 0 spiro atoms. The van der Waals surface area contributed by atoms with Gasteiger partial charge in [0.15, 0.2) is 5.13 Å². The number of nitrogens with one attached hydrogen (secondary N) is 1. The SMILES string of the molecule is O=C(Cn1ccc2ccccc21)NCC1CCCN(c2nccs2)C1. The van der Waals surface area contributed by atoms with Crippen molar-refractivity contribution >= 4 is 33.3 Å². The number of carbonyl (C=O) groups is 1. The first-order valence-corrected chi connectivity index (χ1v) is 9.62. The predicted octanol–water partition coefficient (Wildman–Crippen LogP) is 3.13. The van der Waals surface area contributed by atoms with Gasteiger partial charge in [-0.3, -0.25) is 4.79 Å². The summed E-state index contributed by atoms with van der Waals surface area (Å²) in [6, 6.07) is 10.2. The molecule has 1 aromatic carbocycles. The average molecular weight is 354 g/mol. The van der Waals surface area contributed by atoms with Gasteiger partial charge in [0, 0.05) is 42.9 Å². The normalized spacial score (nSPS) is 17.8. The molecule has 2 aromatic heterocycles. The van der Waals surface area contributed by atoms with Gasteiger partial charge in [0.2, 0.25) is 5.91 Å². The van der Waals surface area contributed by atoms with E-state index in [2.05, 4.69) is 33.4 Å². The van der Waals surface area contributed by atoms with Crippen LogP contribution in [-0.2, 0) is 11.3 Å². The molecule has 0 saturated carbocycles. The molecule has 0 radical (unpaired) electrons. The lowest BCUT2D eigenvalue weighted by molar-refractivity contribution is -0.121. The van der Waals surface area contributed by atoms with E-state index in [9.17, 15) is 4.79 Å². The molecule has 1 saturated heterocycles. The van der Waals surface area contributed by atoms with Crippen LogP contribution in [0.2, 0.25) is 0 Å². The van der Waals surface area contributed by atoms with E-state index in [1.165, 1.54) is 5.39 Å². The monoisotopic (exact) mass is 354 g/mol. The molecule has 4 rings (SSSR count). The Balaban J connectivity index is 1.31. The molecule has 0 aliphatic carbocycles. The Labute approximate surface area is 151 Å². The number of benzene rings is 1. The minimum absolute atomic E-state index is 0.0766. The molecule has 1 aliphatic heterocycles. The summed E-state index contributed by atoms with van der Waals surface area (Å²) >= 11 is 1.68. The molecule has 6 heteroatoms. The molecule has 25 heavy (non-hydrogen) atoms. The Bertz CT molecular complexity index is 842.